The molecule has 4 aromatic rings. The number of hydrogen-bond acceptors (Lipinski definition) is 10. The van der Waals surface area contributed by atoms with Gasteiger partial charge in [-0.3, -0.25) is 0 Å². The van der Waals surface area contributed by atoms with Gasteiger partial charge in [-0.15, -0.1) is 0 Å². The molecule has 0 aliphatic carbocycles. The first kappa shape index (κ1) is 37.2. The van der Waals surface area contributed by atoms with E-state index in [1.165, 1.54) is 0 Å². The van der Waals surface area contributed by atoms with Crippen LogP contribution in [0.1, 0.15) is 29.2 Å². The lowest BCUT2D eigenvalue weighted by Crippen LogP contribution is -2.62. The summed E-state index contributed by atoms with van der Waals surface area (Å²) >= 11 is 0. The highest BCUT2D eigenvalue weighted by Crippen LogP contribution is 2.32. The number of benzene rings is 4. The fraction of sp³-hybridized carbons (Fsp3) is 0.415. The first-order valence-electron chi connectivity index (χ1n) is 17.4. The maximum Gasteiger partial charge on any atom is 0.186 e. The molecular formula is C41H48O10. The van der Waals surface area contributed by atoms with Crippen LogP contribution < -0.4 is 0 Å². The van der Waals surface area contributed by atoms with Crippen molar-refractivity contribution < 1.29 is 48.1 Å². The molecule has 0 amide bonds. The summed E-state index contributed by atoms with van der Waals surface area (Å²) in [5.41, 5.74) is 3.87. The zero-order valence-electron chi connectivity index (χ0n) is 29.0. The quantitative estimate of drug-likeness (QED) is 0.162. The first-order valence-corrected chi connectivity index (χ1v) is 17.4. The Balaban J connectivity index is 1.22. The molecule has 10 heteroatoms. The van der Waals surface area contributed by atoms with Gasteiger partial charge in [0.25, 0.3) is 0 Å². The predicted molar refractivity (Wildman–Crippen MR) is 188 cm³/mol. The van der Waals surface area contributed by atoms with E-state index in [4.69, 9.17) is 37.9 Å². The minimum absolute atomic E-state index is 0.0497. The zero-order chi connectivity index (χ0) is 35.4. The molecule has 0 saturated carbocycles. The summed E-state index contributed by atoms with van der Waals surface area (Å²) in [7, 11) is 1.56. The molecule has 272 valence electrons. The van der Waals surface area contributed by atoms with Crippen LogP contribution in [0.4, 0.5) is 0 Å². The molecule has 4 aromatic carbocycles. The van der Waals surface area contributed by atoms with Gasteiger partial charge in [0.15, 0.2) is 12.6 Å². The number of aliphatic hydroxyl groups excluding tert-OH is 2. The van der Waals surface area contributed by atoms with Crippen LogP contribution >= 0.6 is 0 Å². The van der Waals surface area contributed by atoms with Crippen molar-refractivity contribution >= 4 is 0 Å². The van der Waals surface area contributed by atoms with Gasteiger partial charge in [0.2, 0.25) is 0 Å². The van der Waals surface area contributed by atoms with Crippen LogP contribution in [0.3, 0.4) is 0 Å². The Bertz CT molecular complexity index is 1550. The fourth-order valence-electron chi connectivity index (χ4n) is 6.36. The Morgan fingerprint density at radius 2 is 0.882 bits per heavy atom. The van der Waals surface area contributed by atoms with Crippen LogP contribution in [-0.4, -0.2) is 85.3 Å². The highest BCUT2D eigenvalue weighted by atomic mass is 16.7. The maximum absolute atomic E-state index is 11.3. The summed E-state index contributed by atoms with van der Waals surface area (Å²) in [4.78, 5) is 0. The molecule has 2 aliphatic heterocycles. The predicted octanol–water partition coefficient (Wildman–Crippen LogP) is 5.18. The van der Waals surface area contributed by atoms with Crippen molar-refractivity contribution in [2.24, 2.45) is 0 Å². The molecule has 0 unspecified atom stereocenters. The van der Waals surface area contributed by atoms with Crippen LogP contribution in [0.5, 0.6) is 0 Å². The molecule has 0 bridgehead atoms. The Morgan fingerprint density at radius 1 is 0.471 bits per heavy atom. The Labute approximate surface area is 299 Å². The summed E-state index contributed by atoms with van der Waals surface area (Å²) in [6.45, 7) is 2.76. The van der Waals surface area contributed by atoms with E-state index in [9.17, 15) is 10.2 Å². The summed E-state index contributed by atoms with van der Waals surface area (Å²) in [6, 6.07) is 39.2. The third kappa shape index (κ3) is 10.1. The van der Waals surface area contributed by atoms with E-state index in [-0.39, 0.29) is 19.8 Å². The van der Waals surface area contributed by atoms with Gasteiger partial charge >= 0.3 is 0 Å². The van der Waals surface area contributed by atoms with Gasteiger partial charge in [0.05, 0.1) is 39.1 Å². The zero-order valence-corrected chi connectivity index (χ0v) is 29.0. The van der Waals surface area contributed by atoms with Crippen LogP contribution in [0, 0.1) is 0 Å². The second-order valence-electron chi connectivity index (χ2n) is 12.8. The molecule has 0 aromatic heterocycles. The molecular weight excluding hydrogens is 652 g/mol. The second-order valence-corrected chi connectivity index (χ2v) is 12.8. The monoisotopic (exact) mass is 700 g/mol. The topological polar surface area (TPSA) is 114 Å². The lowest BCUT2D eigenvalue weighted by molar-refractivity contribution is -0.341. The third-order valence-electron chi connectivity index (χ3n) is 9.17. The molecule has 2 saturated heterocycles. The van der Waals surface area contributed by atoms with Gasteiger partial charge in [-0.05, 0) is 29.2 Å². The van der Waals surface area contributed by atoms with Crippen LogP contribution in [-0.2, 0) is 64.3 Å². The number of hydrogen-bond donors (Lipinski definition) is 2. The van der Waals surface area contributed by atoms with Gasteiger partial charge in [0.1, 0.15) is 42.7 Å². The summed E-state index contributed by atoms with van der Waals surface area (Å²) in [5, 5.41) is 22.2. The van der Waals surface area contributed by atoms with Crippen molar-refractivity contribution in [3.63, 3.8) is 0 Å². The number of ether oxygens (including phenoxy) is 8. The van der Waals surface area contributed by atoms with Gasteiger partial charge in [-0.2, -0.15) is 0 Å². The minimum Gasteiger partial charge on any atom is -0.388 e. The van der Waals surface area contributed by atoms with Crippen molar-refractivity contribution in [3.8, 4) is 0 Å². The Kier molecular flexibility index (Phi) is 13.7. The molecule has 2 heterocycles. The van der Waals surface area contributed by atoms with Gasteiger partial charge in [-0.25, -0.2) is 0 Å². The van der Waals surface area contributed by atoms with Crippen LogP contribution in [0.25, 0.3) is 0 Å². The third-order valence-corrected chi connectivity index (χ3v) is 9.17. The van der Waals surface area contributed by atoms with E-state index in [0.29, 0.717) is 13.2 Å². The SMILES string of the molecule is CO[C@H]1O[C@H](CO[C@H]2O[C@@H](C)[C@H](O)[C@@H](OCc3ccccc3)[C@H]2O)[C@@H](OCc2ccccc2)[C@H](OCc2ccccc2)[C@H]1OCc1ccccc1. The molecule has 10 nitrogen and oxygen atoms in total. The van der Waals surface area contributed by atoms with Crippen molar-refractivity contribution in [2.75, 3.05) is 13.7 Å². The molecule has 6 rings (SSSR count). The van der Waals surface area contributed by atoms with Crippen molar-refractivity contribution in [1.82, 2.24) is 0 Å². The van der Waals surface area contributed by atoms with E-state index in [2.05, 4.69) is 0 Å². The first-order chi connectivity index (χ1) is 25.0. The summed E-state index contributed by atoms with van der Waals surface area (Å²) in [6.07, 6.45) is -8.62. The highest BCUT2D eigenvalue weighted by Gasteiger charge is 2.50. The molecule has 2 fully saturated rings. The highest BCUT2D eigenvalue weighted by molar-refractivity contribution is 5.16. The van der Waals surface area contributed by atoms with Crippen LogP contribution in [0.15, 0.2) is 121 Å². The normalized spacial score (nSPS) is 29.5. The number of aliphatic hydroxyl groups is 2. The fourth-order valence-corrected chi connectivity index (χ4v) is 6.36. The van der Waals surface area contributed by atoms with Crippen molar-refractivity contribution in [3.05, 3.63) is 144 Å². The molecule has 2 aliphatic rings. The molecule has 10 atom stereocenters. The Hall–Kier alpha value is -3.52. The van der Waals surface area contributed by atoms with Crippen molar-refractivity contribution in [1.29, 1.82) is 0 Å². The van der Waals surface area contributed by atoms with E-state index < -0.39 is 61.4 Å². The lowest BCUT2D eigenvalue weighted by atomic mass is 9.97. The van der Waals surface area contributed by atoms with E-state index in [1.807, 2.05) is 121 Å². The van der Waals surface area contributed by atoms with E-state index in [0.717, 1.165) is 22.3 Å². The molecule has 0 spiro atoms. The Morgan fingerprint density at radius 3 is 1.33 bits per heavy atom. The van der Waals surface area contributed by atoms with Gasteiger partial charge in [0, 0.05) is 7.11 Å². The second kappa shape index (κ2) is 18.8. The summed E-state index contributed by atoms with van der Waals surface area (Å²) < 4.78 is 50.5. The number of methoxy groups -OCH3 is 1. The van der Waals surface area contributed by atoms with Gasteiger partial charge in [-0.1, -0.05) is 121 Å². The standard InChI is InChI=1S/C41H48O10/c1-28-34(42)37(46-24-30-17-9-4-10-18-30)35(43)40(50-28)49-27-33-36(45-23-29-15-7-3-8-16-29)38(47-25-31-19-11-5-12-20-31)39(41(44-2)51-33)48-26-32-21-13-6-14-22-32/h3-22,28,33-43H,23-27H2,1-2H3/t28-,33+,34-,35+,36+,37+,38-,39+,40-,41-/m0/s1. The van der Waals surface area contributed by atoms with E-state index >= 15 is 0 Å². The van der Waals surface area contributed by atoms with E-state index in [1.54, 1.807) is 14.0 Å². The van der Waals surface area contributed by atoms with Gasteiger partial charge < -0.3 is 48.1 Å². The smallest absolute Gasteiger partial charge is 0.186 e. The molecule has 0 radical (unpaired) electrons. The largest absolute Gasteiger partial charge is 0.388 e. The average Bonchev–Trinajstić information content (AvgIpc) is 3.18. The number of rotatable bonds is 16. The average molecular weight is 701 g/mol. The molecule has 51 heavy (non-hydrogen) atoms. The molecule has 2 N–H and O–H groups in total. The maximum atomic E-state index is 11.3. The van der Waals surface area contributed by atoms with Crippen LogP contribution in [0.2, 0.25) is 0 Å². The van der Waals surface area contributed by atoms with Crippen molar-refractivity contribution in [2.45, 2.75) is 94.8 Å². The lowest BCUT2D eigenvalue weighted by Gasteiger charge is -2.46. The summed E-state index contributed by atoms with van der Waals surface area (Å²) in [5.74, 6) is 0. The minimum atomic E-state index is -1.28.